The quantitative estimate of drug-likeness (QED) is 0.686. The topological polar surface area (TPSA) is 53.4 Å². The number of likely N-dealkylation sites (tertiary alicyclic amines) is 1. The Kier molecular flexibility index (Phi) is 5.61. The number of carbonyl (C=O) groups is 1. The summed E-state index contributed by atoms with van der Waals surface area (Å²) in [6.45, 7) is 5.64. The highest BCUT2D eigenvalue weighted by Crippen LogP contribution is 2.26. The van der Waals surface area contributed by atoms with Gasteiger partial charge in [0.05, 0.1) is 11.2 Å². The monoisotopic (exact) mass is 409 g/mol. The minimum Gasteiger partial charge on any atom is -0.369 e. The number of halogens is 1. The van der Waals surface area contributed by atoms with Gasteiger partial charge in [-0.05, 0) is 63.1 Å². The third-order valence-corrected chi connectivity index (χ3v) is 5.91. The molecule has 30 heavy (non-hydrogen) atoms. The van der Waals surface area contributed by atoms with E-state index in [1.54, 1.807) is 29.1 Å². The molecule has 1 saturated heterocycles. The van der Waals surface area contributed by atoms with Gasteiger partial charge in [0.25, 0.3) is 0 Å². The lowest BCUT2D eigenvalue weighted by Crippen LogP contribution is -2.44. The van der Waals surface area contributed by atoms with Crippen LogP contribution < -0.4 is 10.2 Å². The van der Waals surface area contributed by atoms with Crippen molar-refractivity contribution in [3.8, 4) is 0 Å². The first kappa shape index (κ1) is 20.2. The Morgan fingerprint density at radius 3 is 2.73 bits per heavy atom. The Morgan fingerprint density at radius 2 is 2.00 bits per heavy atom. The van der Waals surface area contributed by atoms with Crippen molar-refractivity contribution < 1.29 is 9.18 Å². The molecule has 1 aromatic carbocycles. The number of rotatable bonds is 4. The summed E-state index contributed by atoms with van der Waals surface area (Å²) in [6.07, 6.45) is 5.22. The fourth-order valence-corrected chi connectivity index (χ4v) is 3.91. The average molecular weight is 410 g/mol. The molecule has 3 aromatic rings. The van der Waals surface area contributed by atoms with E-state index in [1.165, 1.54) is 12.1 Å². The van der Waals surface area contributed by atoms with Crippen molar-refractivity contribution in [2.75, 3.05) is 30.4 Å². The van der Waals surface area contributed by atoms with Gasteiger partial charge in [0.15, 0.2) is 0 Å². The molecule has 2 aromatic heterocycles. The lowest BCUT2D eigenvalue weighted by molar-refractivity contribution is 0.186. The second-order valence-electron chi connectivity index (χ2n) is 8.15. The molecule has 4 rings (SSSR count). The van der Waals surface area contributed by atoms with Crippen LogP contribution in [0, 0.1) is 5.82 Å². The van der Waals surface area contributed by atoms with Crippen LogP contribution >= 0.6 is 0 Å². The van der Waals surface area contributed by atoms with Gasteiger partial charge in [-0.1, -0.05) is 0 Å². The number of nitrogens with zero attached hydrogens (tertiary/aromatic N) is 4. The molecule has 158 valence electrons. The van der Waals surface area contributed by atoms with Crippen LogP contribution in [0.2, 0.25) is 0 Å². The van der Waals surface area contributed by atoms with E-state index in [4.69, 9.17) is 0 Å². The Balaban J connectivity index is 1.41. The van der Waals surface area contributed by atoms with Crippen LogP contribution in [0.3, 0.4) is 0 Å². The standard InChI is InChI=1S/C23H28FN5O/c1-16(2)27(3)21-5-4-11-25-22(21)26-19-9-12-28(13-10-19)23(30)29-14-8-17-15-18(24)6-7-20(17)29/h4-8,11,14-16,19H,9-10,12-13H2,1-3H3,(H,25,26). The first-order valence-electron chi connectivity index (χ1n) is 10.4. The number of hydrogen-bond donors (Lipinski definition) is 1. The van der Waals surface area contributed by atoms with E-state index >= 15 is 0 Å². The molecule has 6 nitrogen and oxygen atoms in total. The molecule has 7 heteroatoms. The van der Waals surface area contributed by atoms with Crippen LogP contribution in [0.25, 0.3) is 10.9 Å². The van der Waals surface area contributed by atoms with Gasteiger partial charge in [-0.25, -0.2) is 14.2 Å². The predicted octanol–water partition coefficient (Wildman–Crippen LogP) is 4.56. The van der Waals surface area contributed by atoms with Gasteiger partial charge >= 0.3 is 6.03 Å². The fourth-order valence-electron chi connectivity index (χ4n) is 3.91. The van der Waals surface area contributed by atoms with Crippen LogP contribution in [0.5, 0.6) is 0 Å². The smallest absolute Gasteiger partial charge is 0.328 e. The molecule has 0 atom stereocenters. The zero-order chi connectivity index (χ0) is 21.3. The van der Waals surface area contributed by atoms with E-state index < -0.39 is 0 Å². The van der Waals surface area contributed by atoms with E-state index in [0.717, 1.165) is 35.2 Å². The molecule has 1 N–H and O–H groups in total. The maximum atomic E-state index is 13.4. The van der Waals surface area contributed by atoms with E-state index in [2.05, 4.69) is 42.2 Å². The fraction of sp³-hybridized carbons (Fsp3) is 0.391. The number of amides is 1. The maximum absolute atomic E-state index is 13.4. The first-order chi connectivity index (χ1) is 14.4. The number of carbonyl (C=O) groups excluding carboxylic acids is 1. The van der Waals surface area contributed by atoms with Gasteiger partial charge in [0.1, 0.15) is 11.6 Å². The summed E-state index contributed by atoms with van der Waals surface area (Å²) >= 11 is 0. The number of anilines is 2. The SMILES string of the molecule is CC(C)N(C)c1cccnc1NC1CCN(C(=O)n2ccc3cc(F)ccc32)CC1. The first-order valence-corrected chi connectivity index (χ1v) is 10.4. The van der Waals surface area contributed by atoms with Crippen LogP contribution in [-0.2, 0) is 0 Å². The average Bonchev–Trinajstić information content (AvgIpc) is 3.16. The Hall–Kier alpha value is -3.09. The van der Waals surface area contributed by atoms with Gasteiger partial charge < -0.3 is 15.1 Å². The van der Waals surface area contributed by atoms with Crippen molar-refractivity contribution in [3.05, 3.63) is 54.6 Å². The number of aromatic nitrogens is 2. The van der Waals surface area contributed by atoms with Crippen LogP contribution in [0.4, 0.5) is 20.7 Å². The minimum atomic E-state index is -0.295. The molecule has 1 fully saturated rings. The summed E-state index contributed by atoms with van der Waals surface area (Å²) in [6, 6.07) is 10.9. The molecule has 0 bridgehead atoms. The summed E-state index contributed by atoms with van der Waals surface area (Å²) in [4.78, 5) is 21.6. The Labute approximate surface area is 176 Å². The van der Waals surface area contributed by atoms with Crippen molar-refractivity contribution >= 4 is 28.4 Å². The van der Waals surface area contributed by atoms with Crippen molar-refractivity contribution in [3.63, 3.8) is 0 Å². The molecule has 3 heterocycles. The van der Waals surface area contributed by atoms with Gasteiger partial charge in [-0.15, -0.1) is 0 Å². The molecule has 1 aliphatic rings. The number of nitrogens with one attached hydrogen (secondary N) is 1. The summed E-state index contributed by atoms with van der Waals surface area (Å²) in [7, 11) is 2.07. The lowest BCUT2D eigenvalue weighted by atomic mass is 10.1. The highest BCUT2D eigenvalue weighted by molar-refractivity contribution is 5.91. The summed E-state index contributed by atoms with van der Waals surface area (Å²) in [5.41, 5.74) is 1.81. The summed E-state index contributed by atoms with van der Waals surface area (Å²) < 4.78 is 15.0. The van der Waals surface area contributed by atoms with E-state index in [0.29, 0.717) is 19.1 Å². The normalized spacial score (nSPS) is 15.0. The highest BCUT2D eigenvalue weighted by atomic mass is 19.1. The summed E-state index contributed by atoms with van der Waals surface area (Å²) in [5.74, 6) is 0.591. The third-order valence-electron chi connectivity index (χ3n) is 5.91. The molecule has 0 unspecified atom stereocenters. The second-order valence-corrected chi connectivity index (χ2v) is 8.15. The van der Waals surface area contributed by atoms with E-state index in [-0.39, 0.29) is 17.9 Å². The number of benzene rings is 1. The lowest BCUT2D eigenvalue weighted by Gasteiger charge is -2.34. The number of pyridine rings is 1. The number of hydrogen-bond acceptors (Lipinski definition) is 4. The molecule has 0 saturated carbocycles. The molecule has 0 aliphatic carbocycles. The third kappa shape index (κ3) is 3.97. The van der Waals surface area contributed by atoms with E-state index in [1.807, 2.05) is 11.0 Å². The van der Waals surface area contributed by atoms with Crippen LogP contribution in [-0.4, -0.2) is 52.7 Å². The van der Waals surface area contributed by atoms with Gasteiger partial charge in [0, 0.05) is 50.0 Å². The molecule has 1 aliphatic heterocycles. The second kappa shape index (κ2) is 8.34. The Bertz CT molecular complexity index is 1040. The highest BCUT2D eigenvalue weighted by Gasteiger charge is 2.25. The van der Waals surface area contributed by atoms with Crippen molar-refractivity contribution in [2.24, 2.45) is 0 Å². The predicted molar refractivity (Wildman–Crippen MR) is 119 cm³/mol. The van der Waals surface area contributed by atoms with Crippen molar-refractivity contribution in [2.45, 2.75) is 38.8 Å². The maximum Gasteiger partial charge on any atom is 0.328 e. The molecule has 1 amide bonds. The largest absolute Gasteiger partial charge is 0.369 e. The minimum absolute atomic E-state index is 0.0619. The van der Waals surface area contributed by atoms with Crippen LogP contribution in [0.15, 0.2) is 48.8 Å². The Morgan fingerprint density at radius 1 is 1.23 bits per heavy atom. The van der Waals surface area contributed by atoms with E-state index in [9.17, 15) is 9.18 Å². The number of fused-ring (bicyclic) bond motifs is 1. The van der Waals surface area contributed by atoms with Crippen molar-refractivity contribution in [1.29, 1.82) is 0 Å². The number of piperidine rings is 1. The van der Waals surface area contributed by atoms with Crippen molar-refractivity contribution in [1.82, 2.24) is 14.5 Å². The van der Waals surface area contributed by atoms with Gasteiger partial charge in [-0.2, -0.15) is 0 Å². The molecular formula is C23H28FN5O. The van der Waals surface area contributed by atoms with Crippen LogP contribution in [0.1, 0.15) is 26.7 Å². The zero-order valence-corrected chi connectivity index (χ0v) is 17.7. The van der Waals surface area contributed by atoms with Gasteiger partial charge in [-0.3, -0.25) is 4.57 Å². The van der Waals surface area contributed by atoms with Gasteiger partial charge in [0.2, 0.25) is 0 Å². The zero-order valence-electron chi connectivity index (χ0n) is 17.7. The molecule has 0 radical (unpaired) electrons. The molecular weight excluding hydrogens is 381 g/mol. The molecule has 0 spiro atoms. The summed E-state index contributed by atoms with van der Waals surface area (Å²) in [5, 5.41) is 4.31.